The van der Waals surface area contributed by atoms with Crippen molar-refractivity contribution in [2.75, 3.05) is 32.0 Å². The Hall–Kier alpha value is -2.87. The normalized spacial score (nSPS) is 17.4. The van der Waals surface area contributed by atoms with Gasteiger partial charge in [-0.2, -0.15) is 0 Å². The molecule has 0 aliphatic carbocycles. The molecule has 0 unspecified atom stereocenters. The molecule has 3 aromatic rings. The van der Waals surface area contributed by atoms with E-state index in [1.165, 1.54) is 0 Å². The average molecular weight is 494 g/mol. The molecule has 4 heterocycles. The number of carbonyl (C=O) groups excluding carboxylic acids is 1. The average Bonchev–Trinajstić information content (AvgIpc) is 3.17. The van der Waals surface area contributed by atoms with Crippen LogP contribution in [-0.2, 0) is 19.7 Å². The third-order valence-electron chi connectivity index (χ3n) is 6.90. The van der Waals surface area contributed by atoms with E-state index < -0.39 is 0 Å². The lowest BCUT2D eigenvalue weighted by molar-refractivity contribution is -0.0142. The highest BCUT2D eigenvalue weighted by atomic mass is 35.5. The Balaban J connectivity index is 1.53. The summed E-state index contributed by atoms with van der Waals surface area (Å²) in [5, 5.41) is 13.7. The number of amides is 1. The number of halogens is 1. The fourth-order valence-corrected chi connectivity index (χ4v) is 5.76. The van der Waals surface area contributed by atoms with E-state index in [1.807, 2.05) is 41.3 Å². The molecule has 184 valence electrons. The van der Waals surface area contributed by atoms with E-state index in [-0.39, 0.29) is 24.0 Å². The number of carbonyl (C=O) groups is 1. The Morgan fingerprint density at radius 2 is 1.89 bits per heavy atom. The molecule has 2 aliphatic rings. The van der Waals surface area contributed by atoms with E-state index in [0.717, 1.165) is 47.7 Å². The number of nitrogens with one attached hydrogen (secondary N) is 1. The van der Waals surface area contributed by atoms with E-state index >= 15 is 0 Å². The van der Waals surface area contributed by atoms with E-state index in [1.54, 1.807) is 6.20 Å². The Labute approximate surface area is 211 Å². The van der Waals surface area contributed by atoms with Crippen LogP contribution < -0.4 is 5.32 Å². The summed E-state index contributed by atoms with van der Waals surface area (Å²) in [7, 11) is 2.12. The predicted molar refractivity (Wildman–Crippen MR) is 138 cm³/mol. The Morgan fingerprint density at radius 1 is 1.14 bits per heavy atom. The largest absolute Gasteiger partial charge is 0.392 e. The van der Waals surface area contributed by atoms with Crippen molar-refractivity contribution in [3.8, 4) is 11.1 Å². The van der Waals surface area contributed by atoms with Crippen LogP contribution in [-0.4, -0.2) is 63.1 Å². The first-order valence-corrected chi connectivity index (χ1v) is 12.4. The minimum Gasteiger partial charge on any atom is -0.392 e. The van der Waals surface area contributed by atoms with Gasteiger partial charge in [-0.3, -0.25) is 4.79 Å². The second kappa shape index (κ2) is 9.30. The second-order valence-corrected chi connectivity index (χ2v) is 10.8. The van der Waals surface area contributed by atoms with E-state index in [4.69, 9.17) is 11.6 Å². The standard InChI is InChI=1S/C27H32ClN5O2/c1-18(2)30-25-9-22(23(28)10-29-25)21-8-24-26(35)33(11-19-6-4-5-7-20(19)13-34)17-27(14-31(3)15-27)16-32(24)12-21/h4-10,12,18,34H,11,13-17H2,1-3H3,(H,29,30). The molecule has 2 aromatic heterocycles. The van der Waals surface area contributed by atoms with Gasteiger partial charge >= 0.3 is 0 Å². The van der Waals surface area contributed by atoms with Crippen molar-refractivity contribution in [1.82, 2.24) is 19.4 Å². The number of likely N-dealkylation sites (tertiary alicyclic amines) is 1. The van der Waals surface area contributed by atoms with Crippen LogP contribution in [0.2, 0.25) is 5.02 Å². The summed E-state index contributed by atoms with van der Waals surface area (Å²) in [6.45, 7) is 7.89. The first-order chi connectivity index (χ1) is 16.8. The monoisotopic (exact) mass is 493 g/mol. The molecule has 0 bridgehead atoms. The summed E-state index contributed by atoms with van der Waals surface area (Å²) >= 11 is 6.56. The molecule has 1 fully saturated rings. The highest BCUT2D eigenvalue weighted by Crippen LogP contribution is 2.39. The van der Waals surface area contributed by atoms with Gasteiger partial charge in [0.05, 0.1) is 11.6 Å². The maximum Gasteiger partial charge on any atom is 0.270 e. The lowest BCUT2D eigenvalue weighted by Crippen LogP contribution is -2.60. The topological polar surface area (TPSA) is 73.6 Å². The number of aromatic nitrogens is 2. The van der Waals surface area contributed by atoms with Crippen LogP contribution in [0.4, 0.5) is 5.82 Å². The van der Waals surface area contributed by atoms with Crippen LogP contribution >= 0.6 is 11.6 Å². The van der Waals surface area contributed by atoms with Gasteiger partial charge in [0, 0.05) is 67.7 Å². The molecule has 2 aliphatic heterocycles. The van der Waals surface area contributed by atoms with Gasteiger partial charge in [0.25, 0.3) is 5.91 Å². The highest BCUT2D eigenvalue weighted by Gasteiger charge is 2.46. The third kappa shape index (κ3) is 4.68. The SMILES string of the molecule is CC(C)Nc1cc(-c2cc3n(c2)CC2(CN(C)C2)CN(Cc2ccccc2CO)C3=O)c(Cl)cn1. The lowest BCUT2D eigenvalue weighted by Gasteiger charge is -2.49. The summed E-state index contributed by atoms with van der Waals surface area (Å²) < 4.78 is 2.11. The molecular weight excluding hydrogens is 462 g/mol. The first kappa shape index (κ1) is 23.9. The van der Waals surface area contributed by atoms with Crippen molar-refractivity contribution >= 4 is 23.3 Å². The summed E-state index contributed by atoms with van der Waals surface area (Å²) in [5.74, 6) is 0.757. The van der Waals surface area contributed by atoms with E-state index in [2.05, 4.69) is 46.9 Å². The summed E-state index contributed by atoms with van der Waals surface area (Å²) in [6.07, 6.45) is 3.71. The number of hydrogen-bond acceptors (Lipinski definition) is 5. The number of fused-ring (bicyclic) bond motifs is 1. The van der Waals surface area contributed by atoms with Crippen molar-refractivity contribution in [3.63, 3.8) is 0 Å². The molecule has 7 nitrogen and oxygen atoms in total. The molecule has 2 N–H and O–H groups in total. The van der Waals surface area contributed by atoms with Gasteiger partial charge in [0.1, 0.15) is 11.5 Å². The van der Waals surface area contributed by atoms with Crippen molar-refractivity contribution in [2.24, 2.45) is 5.41 Å². The minimum atomic E-state index is -0.0418. The van der Waals surface area contributed by atoms with Gasteiger partial charge in [-0.15, -0.1) is 0 Å². The van der Waals surface area contributed by atoms with E-state index in [9.17, 15) is 9.90 Å². The Kier molecular flexibility index (Phi) is 6.34. The number of benzene rings is 1. The summed E-state index contributed by atoms with van der Waals surface area (Å²) in [4.78, 5) is 22.5. The number of aliphatic hydroxyl groups excluding tert-OH is 1. The summed E-state index contributed by atoms with van der Waals surface area (Å²) in [5.41, 5.74) is 4.26. The zero-order valence-corrected chi connectivity index (χ0v) is 21.2. The van der Waals surface area contributed by atoms with Crippen molar-refractivity contribution < 1.29 is 9.90 Å². The zero-order chi connectivity index (χ0) is 24.7. The number of hydrogen-bond donors (Lipinski definition) is 2. The fourth-order valence-electron chi connectivity index (χ4n) is 5.55. The number of nitrogens with zero attached hydrogens (tertiary/aromatic N) is 4. The number of anilines is 1. The van der Waals surface area contributed by atoms with Gasteiger partial charge in [-0.25, -0.2) is 4.98 Å². The van der Waals surface area contributed by atoms with Crippen LogP contribution in [0.15, 0.2) is 48.8 Å². The van der Waals surface area contributed by atoms with Crippen LogP contribution in [0.1, 0.15) is 35.5 Å². The van der Waals surface area contributed by atoms with Crippen molar-refractivity contribution in [3.05, 3.63) is 70.6 Å². The fraction of sp³-hybridized carbons (Fsp3) is 0.407. The Morgan fingerprint density at radius 3 is 2.57 bits per heavy atom. The molecule has 5 rings (SSSR count). The van der Waals surface area contributed by atoms with Crippen LogP contribution in [0.3, 0.4) is 0 Å². The molecule has 1 spiro atoms. The maximum absolute atomic E-state index is 13.9. The van der Waals surface area contributed by atoms with Crippen LogP contribution in [0.25, 0.3) is 11.1 Å². The minimum absolute atomic E-state index is 0.00104. The van der Waals surface area contributed by atoms with Crippen LogP contribution in [0.5, 0.6) is 0 Å². The highest BCUT2D eigenvalue weighted by molar-refractivity contribution is 6.33. The molecule has 1 amide bonds. The molecule has 1 aromatic carbocycles. The van der Waals surface area contributed by atoms with Gasteiger partial charge in [-0.1, -0.05) is 35.9 Å². The van der Waals surface area contributed by atoms with Gasteiger partial charge in [-0.05, 0) is 44.2 Å². The molecule has 1 saturated heterocycles. The van der Waals surface area contributed by atoms with Gasteiger partial charge in [0.15, 0.2) is 0 Å². The van der Waals surface area contributed by atoms with Crippen molar-refractivity contribution in [1.29, 1.82) is 0 Å². The summed E-state index contributed by atoms with van der Waals surface area (Å²) in [6, 6.07) is 11.9. The molecule has 35 heavy (non-hydrogen) atoms. The smallest absolute Gasteiger partial charge is 0.270 e. The van der Waals surface area contributed by atoms with Crippen molar-refractivity contribution in [2.45, 2.75) is 39.6 Å². The van der Waals surface area contributed by atoms with Gasteiger partial charge in [0.2, 0.25) is 0 Å². The third-order valence-corrected chi connectivity index (χ3v) is 7.20. The molecular formula is C27H32ClN5O2. The second-order valence-electron chi connectivity index (χ2n) is 10.4. The van der Waals surface area contributed by atoms with E-state index in [0.29, 0.717) is 23.8 Å². The first-order valence-electron chi connectivity index (χ1n) is 12.0. The molecule has 0 saturated carbocycles. The molecule has 0 atom stereocenters. The number of pyridine rings is 1. The van der Waals surface area contributed by atoms with Gasteiger partial charge < -0.3 is 24.8 Å². The maximum atomic E-state index is 13.9. The van der Waals surface area contributed by atoms with Crippen LogP contribution in [0, 0.1) is 5.41 Å². The lowest BCUT2D eigenvalue weighted by atomic mass is 9.79. The molecule has 0 radical (unpaired) electrons. The predicted octanol–water partition coefficient (Wildman–Crippen LogP) is 4.10. The Bertz CT molecular complexity index is 1250. The number of rotatable bonds is 6. The molecule has 8 heteroatoms. The number of aliphatic hydroxyl groups is 1. The zero-order valence-electron chi connectivity index (χ0n) is 20.5. The quantitative estimate of drug-likeness (QED) is 0.540.